The Morgan fingerprint density at radius 1 is 1.09 bits per heavy atom. The molecule has 7 nitrogen and oxygen atoms in total. The van der Waals surface area contributed by atoms with Crippen LogP contribution >= 0.6 is 11.3 Å². The van der Waals surface area contributed by atoms with E-state index in [2.05, 4.69) is 15.0 Å². The van der Waals surface area contributed by atoms with E-state index in [9.17, 15) is 5.26 Å². The van der Waals surface area contributed by atoms with E-state index >= 15 is 8.78 Å². The summed E-state index contributed by atoms with van der Waals surface area (Å²) in [7, 11) is 0. The van der Waals surface area contributed by atoms with E-state index in [1.807, 2.05) is 11.0 Å². The maximum Gasteiger partial charge on any atom is 0.225 e. The number of nitriles is 1. The fourth-order valence-corrected chi connectivity index (χ4v) is 5.52. The van der Waals surface area contributed by atoms with Gasteiger partial charge in [-0.05, 0) is 24.0 Å². The molecule has 4 aromatic rings. The SMILES string of the molecule is N#Cc1c(N)sc2ncc(F)c(-c3c4c(c5cnc(N6CCCC6)nc5c3F)COC4)c12. The Labute approximate surface area is 185 Å². The third-order valence-electron chi connectivity index (χ3n) is 6.14. The van der Waals surface area contributed by atoms with Crippen molar-refractivity contribution in [3.05, 3.63) is 40.7 Å². The van der Waals surface area contributed by atoms with Crippen LogP contribution in [0.5, 0.6) is 0 Å². The van der Waals surface area contributed by atoms with Crippen LogP contribution in [0.2, 0.25) is 0 Å². The van der Waals surface area contributed by atoms with Crippen molar-refractivity contribution in [3.63, 3.8) is 0 Å². The van der Waals surface area contributed by atoms with Crippen LogP contribution in [0.3, 0.4) is 0 Å². The molecule has 1 fully saturated rings. The molecule has 0 radical (unpaired) electrons. The lowest BCUT2D eigenvalue weighted by Crippen LogP contribution is -2.20. The second-order valence-corrected chi connectivity index (χ2v) is 8.91. The first-order valence-corrected chi connectivity index (χ1v) is 11.0. The summed E-state index contributed by atoms with van der Waals surface area (Å²) in [4.78, 5) is 15.5. The summed E-state index contributed by atoms with van der Waals surface area (Å²) in [6.45, 7) is 2.00. The van der Waals surface area contributed by atoms with E-state index < -0.39 is 11.6 Å². The summed E-state index contributed by atoms with van der Waals surface area (Å²) in [6, 6.07) is 2.02. The second kappa shape index (κ2) is 7.05. The maximum absolute atomic E-state index is 16.2. The highest BCUT2D eigenvalue weighted by molar-refractivity contribution is 7.22. The summed E-state index contributed by atoms with van der Waals surface area (Å²) in [5.74, 6) is -0.934. The monoisotopic (exact) mass is 450 g/mol. The number of benzene rings is 1. The molecule has 1 saturated heterocycles. The highest BCUT2D eigenvalue weighted by Gasteiger charge is 2.31. The summed E-state index contributed by atoms with van der Waals surface area (Å²) < 4.78 is 37.0. The fraction of sp³-hybridized carbons (Fsp3) is 0.273. The summed E-state index contributed by atoms with van der Waals surface area (Å²) >= 11 is 1.07. The first kappa shape index (κ1) is 19.3. The molecule has 3 aromatic heterocycles. The number of ether oxygens (including phenoxy) is 1. The van der Waals surface area contributed by atoms with Gasteiger partial charge in [-0.2, -0.15) is 5.26 Å². The van der Waals surface area contributed by atoms with Crippen LogP contribution in [-0.2, 0) is 18.0 Å². The standard InChI is InChI=1S/C22H16F2N6OS/c23-14-7-27-21-16(10(5-25)20(26)32-21)17(14)15-13-9-31-8-12(13)11-6-28-22(29-19(11)18(15)24)30-3-1-2-4-30/h6-7H,1-4,8-9,26H2. The molecule has 6 rings (SSSR count). The smallest absolute Gasteiger partial charge is 0.225 e. The van der Waals surface area contributed by atoms with Crippen LogP contribution in [0, 0.1) is 23.0 Å². The number of thiophene rings is 1. The zero-order valence-electron chi connectivity index (χ0n) is 16.8. The average molecular weight is 450 g/mol. The van der Waals surface area contributed by atoms with Crippen molar-refractivity contribution in [1.29, 1.82) is 5.26 Å². The van der Waals surface area contributed by atoms with Gasteiger partial charge in [0.15, 0.2) is 5.82 Å². The largest absolute Gasteiger partial charge is 0.389 e. The average Bonchev–Trinajstić information content (AvgIpc) is 3.54. The van der Waals surface area contributed by atoms with Crippen LogP contribution in [0.4, 0.5) is 19.7 Å². The number of fused-ring (bicyclic) bond motifs is 4. The van der Waals surface area contributed by atoms with Gasteiger partial charge in [0, 0.05) is 41.2 Å². The summed E-state index contributed by atoms with van der Waals surface area (Å²) in [5, 5.41) is 10.6. The van der Waals surface area contributed by atoms with Gasteiger partial charge in [-0.25, -0.2) is 23.7 Å². The van der Waals surface area contributed by atoms with Crippen molar-refractivity contribution in [2.24, 2.45) is 0 Å². The molecule has 0 saturated carbocycles. The van der Waals surface area contributed by atoms with Crippen LogP contribution in [-0.4, -0.2) is 28.0 Å². The van der Waals surface area contributed by atoms with E-state index in [0.29, 0.717) is 21.7 Å². The number of hydrogen-bond acceptors (Lipinski definition) is 8. The highest BCUT2D eigenvalue weighted by atomic mass is 32.1. The van der Waals surface area contributed by atoms with Gasteiger partial charge in [-0.15, -0.1) is 0 Å². The predicted octanol–water partition coefficient (Wildman–Crippen LogP) is 4.27. The van der Waals surface area contributed by atoms with Gasteiger partial charge in [0.05, 0.1) is 25.0 Å². The molecule has 32 heavy (non-hydrogen) atoms. The van der Waals surface area contributed by atoms with Gasteiger partial charge in [0.25, 0.3) is 0 Å². The molecule has 2 N–H and O–H groups in total. The number of aromatic nitrogens is 3. The first-order chi connectivity index (χ1) is 15.6. The number of halogens is 2. The highest BCUT2D eigenvalue weighted by Crippen LogP contribution is 2.45. The lowest BCUT2D eigenvalue weighted by Gasteiger charge is -2.18. The zero-order chi connectivity index (χ0) is 22.0. The van der Waals surface area contributed by atoms with Crippen molar-refractivity contribution < 1.29 is 13.5 Å². The molecule has 0 aliphatic carbocycles. The zero-order valence-corrected chi connectivity index (χ0v) is 17.6. The fourth-order valence-electron chi connectivity index (χ4n) is 4.65. The van der Waals surface area contributed by atoms with Gasteiger partial charge >= 0.3 is 0 Å². The molecule has 0 spiro atoms. The molecule has 2 aliphatic rings. The van der Waals surface area contributed by atoms with Crippen molar-refractivity contribution in [1.82, 2.24) is 15.0 Å². The molecule has 2 aliphatic heterocycles. The van der Waals surface area contributed by atoms with E-state index in [4.69, 9.17) is 10.5 Å². The van der Waals surface area contributed by atoms with Gasteiger partial charge in [0.2, 0.25) is 5.95 Å². The Kier molecular flexibility index (Phi) is 4.25. The van der Waals surface area contributed by atoms with Crippen LogP contribution < -0.4 is 10.6 Å². The van der Waals surface area contributed by atoms with E-state index in [1.54, 1.807) is 6.20 Å². The first-order valence-electron chi connectivity index (χ1n) is 10.2. The number of hydrogen-bond donors (Lipinski definition) is 1. The molecular formula is C22H16F2N6OS. The molecule has 160 valence electrons. The van der Waals surface area contributed by atoms with E-state index in [-0.39, 0.29) is 45.8 Å². The molecule has 10 heteroatoms. The third kappa shape index (κ3) is 2.61. The van der Waals surface area contributed by atoms with Crippen LogP contribution in [0.15, 0.2) is 12.4 Å². The minimum absolute atomic E-state index is 0.0259. The lowest BCUT2D eigenvalue weighted by atomic mass is 9.91. The van der Waals surface area contributed by atoms with Crippen molar-refractivity contribution >= 4 is 43.4 Å². The van der Waals surface area contributed by atoms with Crippen molar-refractivity contribution in [2.45, 2.75) is 26.1 Å². The number of nitrogens with two attached hydrogens (primary N) is 1. The molecule has 0 bridgehead atoms. The van der Waals surface area contributed by atoms with Crippen LogP contribution in [0.25, 0.3) is 32.2 Å². The molecule has 0 unspecified atom stereocenters. The number of anilines is 2. The normalized spacial score (nSPS) is 15.6. The minimum atomic E-state index is -0.729. The van der Waals surface area contributed by atoms with Crippen molar-refractivity contribution in [3.8, 4) is 17.2 Å². The second-order valence-electron chi connectivity index (χ2n) is 7.88. The third-order valence-corrected chi connectivity index (χ3v) is 7.07. The van der Waals surface area contributed by atoms with Crippen LogP contribution in [0.1, 0.15) is 29.5 Å². The molecule has 0 amide bonds. The predicted molar refractivity (Wildman–Crippen MR) is 117 cm³/mol. The lowest BCUT2D eigenvalue weighted by molar-refractivity contribution is 0.135. The number of pyridine rings is 1. The molecule has 5 heterocycles. The quantitative estimate of drug-likeness (QED) is 0.487. The van der Waals surface area contributed by atoms with Gasteiger partial charge in [-0.1, -0.05) is 11.3 Å². The number of nitrogens with zero attached hydrogens (tertiary/aromatic N) is 5. The number of nitrogen functional groups attached to an aromatic ring is 1. The molecule has 0 atom stereocenters. The Bertz CT molecular complexity index is 1470. The van der Waals surface area contributed by atoms with Crippen molar-refractivity contribution in [2.75, 3.05) is 23.7 Å². The Balaban J connectivity index is 1.72. The Morgan fingerprint density at radius 3 is 2.66 bits per heavy atom. The topological polar surface area (TPSA) is 101 Å². The molecule has 1 aromatic carbocycles. The summed E-state index contributed by atoms with van der Waals surface area (Å²) in [5.41, 5.74) is 7.49. The maximum atomic E-state index is 16.2. The Hall–Kier alpha value is -3.42. The summed E-state index contributed by atoms with van der Waals surface area (Å²) in [6.07, 6.45) is 4.72. The van der Waals surface area contributed by atoms with Gasteiger partial charge < -0.3 is 15.4 Å². The van der Waals surface area contributed by atoms with Gasteiger partial charge in [0.1, 0.15) is 27.2 Å². The Morgan fingerprint density at radius 2 is 1.88 bits per heavy atom. The van der Waals surface area contributed by atoms with E-state index in [1.165, 1.54) is 0 Å². The number of rotatable bonds is 2. The molecular weight excluding hydrogens is 434 g/mol. The minimum Gasteiger partial charge on any atom is -0.389 e. The van der Waals surface area contributed by atoms with Gasteiger partial charge in [-0.3, -0.25) is 0 Å². The van der Waals surface area contributed by atoms with E-state index in [0.717, 1.165) is 49.0 Å².